The first-order valence-corrected chi connectivity index (χ1v) is 12.6. The molecule has 1 aliphatic rings. The highest BCUT2D eigenvalue weighted by molar-refractivity contribution is 8.14. The van der Waals surface area contributed by atoms with Crippen molar-refractivity contribution in [3.8, 4) is 5.75 Å². The van der Waals surface area contributed by atoms with Gasteiger partial charge in [-0.25, -0.2) is 9.38 Å². The quantitative estimate of drug-likeness (QED) is 0.339. The molecule has 0 aromatic heterocycles. The van der Waals surface area contributed by atoms with Crippen LogP contribution < -0.4 is 15.0 Å². The lowest BCUT2D eigenvalue weighted by atomic mass is 10.2. The molecule has 36 heavy (non-hydrogen) atoms. The molecule has 0 fully saturated rings. The Bertz CT molecular complexity index is 1380. The number of ether oxygens (including phenoxy) is 1. The minimum atomic E-state index is -0.593. The molecule has 1 N–H and O–H groups in total. The van der Waals surface area contributed by atoms with Crippen molar-refractivity contribution in [3.05, 3.63) is 93.9 Å². The number of nitrogens with zero attached hydrogens (tertiary/aromatic N) is 2. The van der Waals surface area contributed by atoms with Crippen molar-refractivity contribution in [3.63, 3.8) is 0 Å². The van der Waals surface area contributed by atoms with Crippen LogP contribution in [0.3, 0.4) is 0 Å². The van der Waals surface area contributed by atoms with Crippen LogP contribution in [-0.2, 0) is 9.59 Å². The number of hydrogen-bond acceptors (Lipinski definition) is 5. The largest absolute Gasteiger partial charge is 0.492 e. The standard InChI is InChI=1S/C26H20Cl2FN3O3S/c1-2-35-23-10-6-4-8-20(23)30-24(33)15-36-26-31-21(14-16-11-12-17(27)18(28)13-16)25(34)32(26)22-9-5-3-7-19(22)29/h3-14H,2,15H2,1H3,(H,30,33)/b21-14-. The number of anilines is 2. The van der Waals surface area contributed by atoms with Gasteiger partial charge in [0.05, 0.1) is 33.8 Å². The molecule has 184 valence electrons. The molecule has 1 aliphatic heterocycles. The van der Waals surface area contributed by atoms with Gasteiger partial charge in [0.15, 0.2) is 5.17 Å². The van der Waals surface area contributed by atoms with E-state index < -0.39 is 11.7 Å². The average Bonchev–Trinajstić information content (AvgIpc) is 3.16. The third-order valence-corrected chi connectivity index (χ3v) is 6.64. The van der Waals surface area contributed by atoms with Crippen LogP contribution in [0.5, 0.6) is 5.75 Å². The Hall–Kier alpha value is -3.33. The number of halogens is 3. The fourth-order valence-corrected chi connectivity index (χ4v) is 4.48. The Morgan fingerprint density at radius 2 is 1.86 bits per heavy atom. The van der Waals surface area contributed by atoms with E-state index in [9.17, 15) is 14.0 Å². The highest BCUT2D eigenvalue weighted by atomic mass is 35.5. The first-order valence-electron chi connectivity index (χ1n) is 10.9. The molecular formula is C26H20Cl2FN3O3S. The predicted molar refractivity (Wildman–Crippen MR) is 144 cm³/mol. The minimum absolute atomic E-state index is 0.0355. The number of carbonyl (C=O) groups is 2. The van der Waals surface area contributed by atoms with Gasteiger partial charge in [-0.3, -0.25) is 14.5 Å². The Morgan fingerprint density at radius 1 is 1.11 bits per heavy atom. The lowest BCUT2D eigenvalue weighted by molar-refractivity contribution is -0.114. The summed E-state index contributed by atoms with van der Waals surface area (Å²) in [5.41, 5.74) is 1.23. The van der Waals surface area contributed by atoms with Crippen molar-refractivity contribution in [2.75, 3.05) is 22.6 Å². The van der Waals surface area contributed by atoms with E-state index in [0.717, 1.165) is 16.7 Å². The van der Waals surface area contributed by atoms with E-state index in [1.54, 1.807) is 42.5 Å². The highest BCUT2D eigenvalue weighted by Crippen LogP contribution is 2.32. The molecule has 0 atom stereocenters. The second-order valence-corrected chi connectivity index (χ2v) is 9.21. The van der Waals surface area contributed by atoms with Crippen molar-refractivity contribution >= 4 is 69.4 Å². The predicted octanol–water partition coefficient (Wildman–Crippen LogP) is 6.65. The third kappa shape index (κ3) is 5.90. The molecule has 4 rings (SSSR count). The summed E-state index contributed by atoms with van der Waals surface area (Å²) in [5, 5.41) is 3.67. The Kier molecular flexibility index (Phi) is 8.30. The number of benzene rings is 3. The van der Waals surface area contributed by atoms with E-state index in [-0.39, 0.29) is 28.2 Å². The van der Waals surface area contributed by atoms with Crippen LogP contribution in [0.15, 0.2) is 77.4 Å². The molecule has 0 saturated heterocycles. The maximum atomic E-state index is 14.6. The number of rotatable bonds is 7. The van der Waals surface area contributed by atoms with Crippen LogP contribution in [0.4, 0.5) is 15.8 Å². The van der Waals surface area contributed by atoms with Crippen LogP contribution in [0.25, 0.3) is 6.08 Å². The zero-order chi connectivity index (χ0) is 25.7. The fourth-order valence-electron chi connectivity index (χ4n) is 3.37. The molecule has 6 nitrogen and oxygen atoms in total. The molecule has 10 heteroatoms. The lowest BCUT2D eigenvalue weighted by Crippen LogP contribution is -2.32. The van der Waals surface area contributed by atoms with E-state index >= 15 is 0 Å². The van der Waals surface area contributed by atoms with Gasteiger partial charge in [-0.2, -0.15) is 0 Å². The van der Waals surface area contributed by atoms with Crippen LogP contribution >= 0.6 is 35.0 Å². The molecule has 0 radical (unpaired) electrons. The van der Waals surface area contributed by atoms with Crippen molar-refractivity contribution in [1.82, 2.24) is 0 Å². The van der Waals surface area contributed by atoms with Gasteiger partial charge in [0.2, 0.25) is 5.91 Å². The van der Waals surface area contributed by atoms with Crippen LogP contribution in [-0.4, -0.2) is 29.3 Å². The fraction of sp³-hybridized carbons (Fsp3) is 0.115. The van der Waals surface area contributed by atoms with E-state index in [0.29, 0.717) is 33.7 Å². The van der Waals surface area contributed by atoms with Crippen molar-refractivity contribution in [1.29, 1.82) is 0 Å². The molecule has 3 aromatic carbocycles. The zero-order valence-corrected chi connectivity index (χ0v) is 21.3. The highest BCUT2D eigenvalue weighted by Gasteiger charge is 2.34. The van der Waals surface area contributed by atoms with Gasteiger partial charge in [0, 0.05) is 0 Å². The molecule has 3 aromatic rings. The number of amidine groups is 1. The zero-order valence-electron chi connectivity index (χ0n) is 19.0. The summed E-state index contributed by atoms with van der Waals surface area (Å²) in [4.78, 5) is 31.5. The van der Waals surface area contributed by atoms with Crippen LogP contribution in [0, 0.1) is 5.82 Å². The summed E-state index contributed by atoms with van der Waals surface area (Å²) in [6.07, 6.45) is 1.53. The number of para-hydroxylation sites is 3. The monoisotopic (exact) mass is 543 g/mol. The molecule has 0 unspecified atom stereocenters. The number of nitrogens with one attached hydrogen (secondary N) is 1. The van der Waals surface area contributed by atoms with Gasteiger partial charge in [-0.1, -0.05) is 65.3 Å². The summed E-state index contributed by atoms with van der Waals surface area (Å²) in [7, 11) is 0. The second-order valence-electron chi connectivity index (χ2n) is 7.46. The topological polar surface area (TPSA) is 71.0 Å². The first-order chi connectivity index (χ1) is 17.4. The summed E-state index contributed by atoms with van der Waals surface area (Å²) >= 11 is 13.1. The normalized spacial score (nSPS) is 14.2. The summed E-state index contributed by atoms with van der Waals surface area (Å²) in [6, 6.07) is 17.8. The Morgan fingerprint density at radius 3 is 2.61 bits per heavy atom. The van der Waals surface area contributed by atoms with Gasteiger partial charge in [-0.15, -0.1) is 0 Å². The van der Waals surface area contributed by atoms with Gasteiger partial charge in [-0.05, 0) is 55.0 Å². The van der Waals surface area contributed by atoms with Gasteiger partial charge in [0.25, 0.3) is 5.91 Å². The maximum Gasteiger partial charge on any atom is 0.283 e. The SMILES string of the molecule is CCOc1ccccc1NC(=O)CSC1=N/C(=C\c2ccc(Cl)c(Cl)c2)C(=O)N1c1ccccc1F. The van der Waals surface area contributed by atoms with E-state index in [4.69, 9.17) is 27.9 Å². The molecule has 0 bridgehead atoms. The molecular weight excluding hydrogens is 524 g/mol. The Labute approximate surface area is 221 Å². The average molecular weight is 544 g/mol. The number of thioether (sulfide) groups is 1. The van der Waals surface area contributed by atoms with E-state index in [1.807, 2.05) is 13.0 Å². The summed E-state index contributed by atoms with van der Waals surface area (Å²) in [5.74, 6) is -0.984. The summed E-state index contributed by atoms with van der Waals surface area (Å²) < 4.78 is 20.2. The van der Waals surface area contributed by atoms with Crippen LogP contribution in [0.1, 0.15) is 12.5 Å². The minimum Gasteiger partial charge on any atom is -0.492 e. The van der Waals surface area contributed by atoms with Crippen molar-refractivity contribution < 1.29 is 18.7 Å². The molecule has 0 saturated carbocycles. The first kappa shape index (κ1) is 25.8. The summed E-state index contributed by atoms with van der Waals surface area (Å²) in [6.45, 7) is 2.30. The third-order valence-electron chi connectivity index (χ3n) is 4.96. The number of aliphatic imine (C=N–C) groups is 1. The van der Waals surface area contributed by atoms with Crippen molar-refractivity contribution in [2.24, 2.45) is 4.99 Å². The molecule has 1 heterocycles. The van der Waals surface area contributed by atoms with Crippen LogP contribution in [0.2, 0.25) is 10.0 Å². The van der Waals surface area contributed by atoms with Gasteiger partial charge >= 0.3 is 0 Å². The lowest BCUT2D eigenvalue weighted by Gasteiger charge is -2.18. The second kappa shape index (κ2) is 11.6. The Balaban J connectivity index is 1.59. The van der Waals surface area contributed by atoms with E-state index in [2.05, 4.69) is 10.3 Å². The van der Waals surface area contributed by atoms with E-state index in [1.165, 1.54) is 24.3 Å². The van der Waals surface area contributed by atoms with Gasteiger partial charge in [0.1, 0.15) is 17.3 Å². The van der Waals surface area contributed by atoms with Gasteiger partial charge < -0.3 is 10.1 Å². The molecule has 0 spiro atoms. The maximum absolute atomic E-state index is 14.6. The smallest absolute Gasteiger partial charge is 0.283 e. The number of amides is 2. The number of hydrogen-bond donors (Lipinski definition) is 1. The van der Waals surface area contributed by atoms with Crippen molar-refractivity contribution in [2.45, 2.75) is 6.92 Å². The molecule has 2 amide bonds. The number of carbonyl (C=O) groups excluding carboxylic acids is 2. The molecule has 0 aliphatic carbocycles.